The van der Waals surface area contributed by atoms with Crippen LogP contribution in [0, 0.1) is 11.8 Å². The van der Waals surface area contributed by atoms with Gasteiger partial charge in [-0.3, -0.25) is 9.59 Å². The van der Waals surface area contributed by atoms with Gasteiger partial charge in [-0.1, -0.05) is 60.7 Å². The Kier molecular flexibility index (Phi) is 7.74. The van der Waals surface area contributed by atoms with Crippen molar-refractivity contribution in [2.24, 2.45) is 11.8 Å². The van der Waals surface area contributed by atoms with Crippen molar-refractivity contribution in [2.45, 2.75) is 25.4 Å². The van der Waals surface area contributed by atoms with Crippen LogP contribution >= 0.6 is 0 Å². The minimum Gasteiger partial charge on any atom is -0.466 e. The lowest BCUT2D eigenvalue weighted by molar-refractivity contribution is -0.168. The molecule has 0 spiro atoms. The summed E-state index contributed by atoms with van der Waals surface area (Å²) in [5.74, 6) is -2.75. The number of piperidine rings is 1. The van der Waals surface area contributed by atoms with Crippen molar-refractivity contribution in [1.82, 2.24) is 5.32 Å². The molecule has 3 atom stereocenters. The summed E-state index contributed by atoms with van der Waals surface area (Å²) in [6.45, 7) is 1.41. The van der Waals surface area contributed by atoms with Crippen LogP contribution < -0.4 is 5.32 Å². The molecule has 1 aliphatic rings. The van der Waals surface area contributed by atoms with Gasteiger partial charge in [0.1, 0.15) is 5.92 Å². The van der Waals surface area contributed by atoms with E-state index in [1.807, 2.05) is 36.4 Å². The molecule has 30 heavy (non-hydrogen) atoms. The maximum atomic E-state index is 13.2. The molecule has 1 aliphatic heterocycles. The highest BCUT2D eigenvalue weighted by Crippen LogP contribution is 2.26. The van der Waals surface area contributed by atoms with E-state index in [0.29, 0.717) is 12.1 Å². The van der Waals surface area contributed by atoms with E-state index in [1.165, 1.54) is 7.11 Å². The molecule has 1 saturated heterocycles. The molecule has 0 bridgehead atoms. The van der Waals surface area contributed by atoms with Crippen molar-refractivity contribution in [2.75, 3.05) is 20.2 Å². The van der Waals surface area contributed by atoms with E-state index in [0.717, 1.165) is 24.9 Å². The smallest absolute Gasteiger partial charge is 0.347 e. The number of ketones is 1. The first-order chi connectivity index (χ1) is 14.6. The van der Waals surface area contributed by atoms with Gasteiger partial charge in [0.15, 0.2) is 5.78 Å². The zero-order valence-corrected chi connectivity index (χ0v) is 17.1. The summed E-state index contributed by atoms with van der Waals surface area (Å²) in [5.41, 5.74) is 1.30. The van der Waals surface area contributed by atoms with Crippen LogP contribution in [0.5, 0.6) is 0 Å². The monoisotopic (exact) mass is 409 g/mol. The SMILES string of the molecule is COC(=O)[C@@H](Cc1ccccc1)OC(=O)[C@@H](C(=O)c1ccccc1)[C@H]1CCCNC1. The van der Waals surface area contributed by atoms with Gasteiger partial charge in [0.2, 0.25) is 6.10 Å². The van der Waals surface area contributed by atoms with E-state index in [-0.39, 0.29) is 18.1 Å². The van der Waals surface area contributed by atoms with Crippen LogP contribution in [0.1, 0.15) is 28.8 Å². The van der Waals surface area contributed by atoms with Gasteiger partial charge >= 0.3 is 11.9 Å². The second-order valence-electron chi connectivity index (χ2n) is 7.45. The molecule has 0 amide bonds. The highest BCUT2D eigenvalue weighted by Gasteiger charge is 2.39. The van der Waals surface area contributed by atoms with Crippen molar-refractivity contribution in [3.05, 3.63) is 71.8 Å². The van der Waals surface area contributed by atoms with Crippen LogP contribution in [0.15, 0.2) is 60.7 Å². The van der Waals surface area contributed by atoms with E-state index < -0.39 is 24.0 Å². The number of carbonyl (C=O) groups excluding carboxylic acids is 3. The summed E-state index contributed by atoms with van der Waals surface area (Å²) in [4.78, 5) is 38.7. The molecule has 6 heteroatoms. The predicted molar refractivity (Wildman–Crippen MR) is 112 cm³/mol. The van der Waals surface area contributed by atoms with Crippen molar-refractivity contribution in [3.63, 3.8) is 0 Å². The number of benzene rings is 2. The van der Waals surface area contributed by atoms with E-state index in [9.17, 15) is 14.4 Å². The Morgan fingerprint density at radius 1 is 1.00 bits per heavy atom. The number of methoxy groups -OCH3 is 1. The second-order valence-corrected chi connectivity index (χ2v) is 7.45. The van der Waals surface area contributed by atoms with Crippen LogP contribution in [-0.4, -0.2) is 44.0 Å². The van der Waals surface area contributed by atoms with Gasteiger partial charge < -0.3 is 14.8 Å². The number of Topliss-reactive ketones (excluding diaryl/α,β-unsaturated/α-hetero) is 1. The second kappa shape index (κ2) is 10.7. The Balaban J connectivity index is 1.82. The minimum absolute atomic E-state index is 0.186. The number of hydrogen-bond donors (Lipinski definition) is 1. The summed E-state index contributed by atoms with van der Waals surface area (Å²) in [6, 6.07) is 18.0. The van der Waals surface area contributed by atoms with Gasteiger partial charge in [0, 0.05) is 12.0 Å². The number of esters is 2. The van der Waals surface area contributed by atoms with Crippen molar-refractivity contribution in [3.8, 4) is 0 Å². The average Bonchev–Trinajstić information content (AvgIpc) is 2.80. The Morgan fingerprint density at radius 3 is 2.27 bits per heavy atom. The molecule has 0 radical (unpaired) electrons. The molecule has 2 aromatic rings. The van der Waals surface area contributed by atoms with Crippen LogP contribution in [0.25, 0.3) is 0 Å². The molecular weight excluding hydrogens is 382 g/mol. The Labute approximate surface area is 176 Å². The molecule has 2 aromatic carbocycles. The highest BCUT2D eigenvalue weighted by molar-refractivity contribution is 6.09. The quantitative estimate of drug-likeness (QED) is 0.410. The topological polar surface area (TPSA) is 81.7 Å². The summed E-state index contributed by atoms with van der Waals surface area (Å²) in [5, 5.41) is 3.25. The van der Waals surface area contributed by atoms with Crippen LogP contribution in [-0.2, 0) is 25.5 Å². The first kappa shape index (κ1) is 21.7. The van der Waals surface area contributed by atoms with Gasteiger partial charge in [-0.05, 0) is 37.4 Å². The molecule has 3 rings (SSSR count). The standard InChI is InChI=1S/C24H27NO5/c1-29-23(27)20(15-17-9-4-2-5-10-17)30-24(28)21(19-13-8-14-25-16-19)22(26)18-11-6-3-7-12-18/h2-7,9-12,19-21,25H,8,13-16H2,1H3/t19-,20+,21+/m0/s1. The molecule has 0 aromatic heterocycles. The lowest BCUT2D eigenvalue weighted by atomic mass is 9.81. The van der Waals surface area contributed by atoms with Gasteiger partial charge in [0.25, 0.3) is 0 Å². The minimum atomic E-state index is -1.10. The third-order valence-corrected chi connectivity index (χ3v) is 5.39. The zero-order chi connectivity index (χ0) is 21.3. The van der Waals surface area contributed by atoms with Gasteiger partial charge in [-0.2, -0.15) is 0 Å². The van der Waals surface area contributed by atoms with Crippen LogP contribution in [0.3, 0.4) is 0 Å². The van der Waals surface area contributed by atoms with Gasteiger partial charge in [0.05, 0.1) is 7.11 Å². The number of carbonyl (C=O) groups is 3. The molecule has 0 aliphatic carbocycles. The summed E-state index contributed by atoms with van der Waals surface area (Å²) in [7, 11) is 1.26. The number of rotatable bonds is 8. The van der Waals surface area contributed by atoms with Crippen molar-refractivity contribution in [1.29, 1.82) is 0 Å². The van der Waals surface area contributed by atoms with Gasteiger partial charge in [-0.15, -0.1) is 0 Å². The first-order valence-electron chi connectivity index (χ1n) is 10.2. The Morgan fingerprint density at radius 2 is 1.67 bits per heavy atom. The third-order valence-electron chi connectivity index (χ3n) is 5.39. The molecule has 0 unspecified atom stereocenters. The molecule has 1 fully saturated rings. The number of nitrogens with one attached hydrogen (secondary N) is 1. The number of ether oxygens (including phenoxy) is 2. The van der Waals surface area contributed by atoms with Crippen LogP contribution in [0.2, 0.25) is 0 Å². The lowest BCUT2D eigenvalue weighted by Gasteiger charge is -2.29. The maximum Gasteiger partial charge on any atom is 0.347 e. The zero-order valence-electron chi connectivity index (χ0n) is 17.1. The number of hydrogen-bond acceptors (Lipinski definition) is 6. The summed E-state index contributed by atoms with van der Waals surface area (Å²) in [6.07, 6.45) is 0.704. The highest BCUT2D eigenvalue weighted by atomic mass is 16.6. The molecule has 6 nitrogen and oxygen atoms in total. The maximum absolute atomic E-state index is 13.2. The molecule has 1 N–H and O–H groups in total. The first-order valence-corrected chi connectivity index (χ1v) is 10.2. The fourth-order valence-electron chi connectivity index (χ4n) is 3.81. The average molecular weight is 409 g/mol. The molecular formula is C24H27NO5. The Bertz CT molecular complexity index is 846. The fourth-order valence-corrected chi connectivity index (χ4v) is 3.81. The lowest BCUT2D eigenvalue weighted by Crippen LogP contribution is -2.43. The molecule has 0 saturated carbocycles. The largest absolute Gasteiger partial charge is 0.466 e. The van der Waals surface area contributed by atoms with E-state index in [2.05, 4.69) is 5.32 Å². The third kappa shape index (κ3) is 5.54. The normalized spacial score (nSPS) is 18.1. The predicted octanol–water partition coefficient (Wildman–Crippen LogP) is 2.81. The van der Waals surface area contributed by atoms with Gasteiger partial charge in [-0.25, -0.2) is 4.79 Å². The van der Waals surface area contributed by atoms with E-state index in [4.69, 9.17) is 9.47 Å². The summed E-state index contributed by atoms with van der Waals surface area (Å²) >= 11 is 0. The van der Waals surface area contributed by atoms with E-state index in [1.54, 1.807) is 24.3 Å². The van der Waals surface area contributed by atoms with Crippen molar-refractivity contribution < 1.29 is 23.9 Å². The molecule has 158 valence electrons. The van der Waals surface area contributed by atoms with E-state index >= 15 is 0 Å². The van der Waals surface area contributed by atoms with Crippen molar-refractivity contribution >= 4 is 17.7 Å². The summed E-state index contributed by atoms with van der Waals surface area (Å²) < 4.78 is 10.4. The Hall–Kier alpha value is -2.99. The molecule has 1 heterocycles. The fraction of sp³-hybridized carbons (Fsp3) is 0.375. The van der Waals surface area contributed by atoms with Crippen LogP contribution in [0.4, 0.5) is 0 Å².